The lowest BCUT2D eigenvalue weighted by Gasteiger charge is -2.25. The van der Waals surface area contributed by atoms with Gasteiger partial charge in [0.15, 0.2) is 6.29 Å². The fraction of sp³-hybridized carbons (Fsp3) is 0.900. The monoisotopic (exact) mass is 232 g/mol. The molecule has 2 fully saturated rings. The summed E-state index contributed by atoms with van der Waals surface area (Å²) in [7, 11) is 0. The third-order valence-electron chi connectivity index (χ3n) is 2.83. The standard InChI is InChI=1S/C10H16O4S/c11-9(12)5-8-6-13-10(14-8)7-1-3-15-4-2-7/h7-8,10H,1-6H2,(H,11,12). The van der Waals surface area contributed by atoms with Gasteiger partial charge >= 0.3 is 5.97 Å². The zero-order valence-electron chi connectivity index (χ0n) is 8.55. The average molecular weight is 232 g/mol. The third-order valence-corrected chi connectivity index (χ3v) is 3.87. The van der Waals surface area contributed by atoms with Gasteiger partial charge in [-0.2, -0.15) is 11.8 Å². The van der Waals surface area contributed by atoms with E-state index in [1.165, 1.54) is 0 Å². The first-order valence-electron chi connectivity index (χ1n) is 5.32. The van der Waals surface area contributed by atoms with Crippen LogP contribution >= 0.6 is 11.8 Å². The molecule has 0 amide bonds. The van der Waals surface area contributed by atoms with Gasteiger partial charge in [-0.15, -0.1) is 0 Å². The highest BCUT2D eigenvalue weighted by atomic mass is 32.2. The van der Waals surface area contributed by atoms with Gasteiger partial charge in [-0.3, -0.25) is 4.79 Å². The molecule has 0 aliphatic carbocycles. The van der Waals surface area contributed by atoms with E-state index in [4.69, 9.17) is 14.6 Å². The first-order chi connectivity index (χ1) is 7.25. The minimum atomic E-state index is -0.816. The van der Waals surface area contributed by atoms with Gasteiger partial charge < -0.3 is 14.6 Å². The largest absolute Gasteiger partial charge is 0.481 e. The van der Waals surface area contributed by atoms with Crippen molar-refractivity contribution in [1.82, 2.24) is 0 Å². The number of ether oxygens (including phenoxy) is 2. The highest BCUT2D eigenvalue weighted by molar-refractivity contribution is 7.99. The van der Waals surface area contributed by atoms with Crippen LogP contribution in [0, 0.1) is 5.92 Å². The van der Waals surface area contributed by atoms with Gasteiger partial charge in [0.25, 0.3) is 0 Å². The number of aliphatic carboxylic acids is 1. The van der Waals surface area contributed by atoms with Crippen LogP contribution in [0.1, 0.15) is 19.3 Å². The number of rotatable bonds is 3. The SMILES string of the molecule is O=C(O)CC1COC(C2CCSCC2)O1. The third kappa shape index (κ3) is 3.09. The number of carbonyl (C=O) groups is 1. The quantitative estimate of drug-likeness (QED) is 0.796. The summed E-state index contributed by atoms with van der Waals surface area (Å²) >= 11 is 1.96. The lowest BCUT2D eigenvalue weighted by Crippen LogP contribution is -2.26. The van der Waals surface area contributed by atoms with Crippen molar-refractivity contribution in [2.45, 2.75) is 31.7 Å². The zero-order valence-corrected chi connectivity index (χ0v) is 9.37. The molecule has 2 rings (SSSR count). The Labute approximate surface area is 93.3 Å². The van der Waals surface area contributed by atoms with E-state index in [0.29, 0.717) is 12.5 Å². The molecule has 2 saturated heterocycles. The molecule has 0 saturated carbocycles. The summed E-state index contributed by atoms with van der Waals surface area (Å²) in [5.41, 5.74) is 0. The number of thioether (sulfide) groups is 1. The molecule has 4 nitrogen and oxygen atoms in total. The van der Waals surface area contributed by atoms with Crippen LogP contribution in [0.15, 0.2) is 0 Å². The lowest BCUT2D eigenvalue weighted by molar-refractivity contribution is -0.141. The molecular weight excluding hydrogens is 216 g/mol. The Bertz CT molecular complexity index is 227. The Hall–Kier alpha value is -0.260. The van der Waals surface area contributed by atoms with Crippen molar-refractivity contribution < 1.29 is 19.4 Å². The van der Waals surface area contributed by atoms with Crippen molar-refractivity contribution in [3.63, 3.8) is 0 Å². The second-order valence-corrected chi connectivity index (χ2v) is 5.23. The van der Waals surface area contributed by atoms with Gasteiger partial charge in [-0.1, -0.05) is 0 Å². The summed E-state index contributed by atoms with van der Waals surface area (Å²) in [4.78, 5) is 10.5. The number of hydrogen-bond donors (Lipinski definition) is 1. The van der Waals surface area contributed by atoms with E-state index in [1.54, 1.807) is 0 Å². The Morgan fingerprint density at radius 1 is 1.40 bits per heavy atom. The Kier molecular flexibility index (Phi) is 3.88. The Morgan fingerprint density at radius 2 is 2.13 bits per heavy atom. The molecule has 2 heterocycles. The number of hydrogen-bond acceptors (Lipinski definition) is 4. The fourth-order valence-electron chi connectivity index (χ4n) is 2.01. The normalized spacial score (nSPS) is 33.1. The van der Waals surface area contributed by atoms with Gasteiger partial charge in [0, 0.05) is 5.92 Å². The van der Waals surface area contributed by atoms with E-state index < -0.39 is 5.97 Å². The van der Waals surface area contributed by atoms with E-state index in [-0.39, 0.29) is 18.8 Å². The minimum absolute atomic E-state index is 0.0535. The second kappa shape index (κ2) is 5.18. The summed E-state index contributed by atoms with van der Waals surface area (Å²) in [5.74, 6) is 1.98. The van der Waals surface area contributed by atoms with Crippen LogP contribution in [0.4, 0.5) is 0 Å². The number of carboxylic acids is 1. The fourth-order valence-corrected chi connectivity index (χ4v) is 3.15. The van der Waals surface area contributed by atoms with Crippen molar-refractivity contribution >= 4 is 17.7 Å². The molecule has 86 valence electrons. The Morgan fingerprint density at radius 3 is 2.80 bits per heavy atom. The second-order valence-electron chi connectivity index (χ2n) is 4.01. The molecule has 0 aromatic heterocycles. The van der Waals surface area contributed by atoms with Gasteiger partial charge in [-0.05, 0) is 24.3 Å². The van der Waals surface area contributed by atoms with Crippen LogP contribution < -0.4 is 0 Å². The molecule has 0 radical (unpaired) electrons. The lowest BCUT2D eigenvalue weighted by atomic mass is 10.0. The molecule has 2 atom stereocenters. The molecule has 0 bridgehead atoms. The van der Waals surface area contributed by atoms with Crippen molar-refractivity contribution in [2.75, 3.05) is 18.1 Å². The topological polar surface area (TPSA) is 55.8 Å². The molecule has 5 heteroatoms. The first kappa shape index (κ1) is 11.2. The van der Waals surface area contributed by atoms with Crippen LogP contribution in [0.3, 0.4) is 0 Å². The highest BCUT2D eigenvalue weighted by Crippen LogP contribution is 2.31. The van der Waals surface area contributed by atoms with Crippen molar-refractivity contribution in [3.8, 4) is 0 Å². The summed E-state index contributed by atoms with van der Waals surface area (Å²) in [6, 6.07) is 0. The van der Waals surface area contributed by atoms with E-state index in [9.17, 15) is 4.79 Å². The zero-order chi connectivity index (χ0) is 10.7. The van der Waals surface area contributed by atoms with E-state index >= 15 is 0 Å². The maximum Gasteiger partial charge on any atom is 0.306 e. The molecule has 2 aliphatic rings. The van der Waals surface area contributed by atoms with Gasteiger partial charge in [0.1, 0.15) is 0 Å². The smallest absolute Gasteiger partial charge is 0.306 e. The molecule has 0 aromatic carbocycles. The molecule has 15 heavy (non-hydrogen) atoms. The predicted molar refractivity (Wildman–Crippen MR) is 56.9 cm³/mol. The minimum Gasteiger partial charge on any atom is -0.481 e. The van der Waals surface area contributed by atoms with E-state index in [0.717, 1.165) is 24.3 Å². The van der Waals surface area contributed by atoms with Gasteiger partial charge in [0.05, 0.1) is 19.1 Å². The van der Waals surface area contributed by atoms with Crippen LogP contribution in [-0.2, 0) is 14.3 Å². The average Bonchev–Trinajstić information content (AvgIpc) is 2.67. The maximum atomic E-state index is 10.5. The molecule has 2 unspecified atom stereocenters. The highest BCUT2D eigenvalue weighted by Gasteiger charge is 2.34. The number of carboxylic acid groups (broad SMARTS) is 1. The van der Waals surface area contributed by atoms with Crippen LogP contribution in [0.2, 0.25) is 0 Å². The molecule has 1 N–H and O–H groups in total. The Balaban J connectivity index is 1.78. The molecule has 0 aromatic rings. The summed E-state index contributed by atoms with van der Waals surface area (Å²) < 4.78 is 11.1. The van der Waals surface area contributed by atoms with Gasteiger partial charge in [0.2, 0.25) is 0 Å². The van der Waals surface area contributed by atoms with Crippen LogP contribution in [0.5, 0.6) is 0 Å². The molecular formula is C10H16O4S. The van der Waals surface area contributed by atoms with E-state index in [1.807, 2.05) is 11.8 Å². The van der Waals surface area contributed by atoms with Crippen molar-refractivity contribution in [3.05, 3.63) is 0 Å². The molecule has 0 spiro atoms. The van der Waals surface area contributed by atoms with E-state index in [2.05, 4.69) is 0 Å². The van der Waals surface area contributed by atoms with Crippen LogP contribution in [0.25, 0.3) is 0 Å². The summed E-state index contributed by atoms with van der Waals surface area (Å²) in [5, 5.41) is 8.63. The van der Waals surface area contributed by atoms with Crippen molar-refractivity contribution in [1.29, 1.82) is 0 Å². The maximum absolute atomic E-state index is 10.5. The van der Waals surface area contributed by atoms with Crippen molar-refractivity contribution in [2.24, 2.45) is 5.92 Å². The summed E-state index contributed by atoms with van der Waals surface area (Å²) in [6.07, 6.45) is 1.89. The molecule has 2 aliphatic heterocycles. The van der Waals surface area contributed by atoms with Crippen LogP contribution in [-0.4, -0.2) is 41.6 Å². The van der Waals surface area contributed by atoms with Gasteiger partial charge in [-0.25, -0.2) is 0 Å². The first-order valence-corrected chi connectivity index (χ1v) is 6.48. The summed E-state index contributed by atoms with van der Waals surface area (Å²) in [6.45, 7) is 0.431. The predicted octanol–water partition coefficient (Wildman–Crippen LogP) is 1.35.